The monoisotopic (exact) mass is 289 g/mol. The Labute approximate surface area is 127 Å². The Morgan fingerprint density at radius 1 is 1.15 bits per heavy atom. The van der Waals surface area contributed by atoms with Gasteiger partial charge in [-0.05, 0) is 55.8 Å². The topological polar surface area (TPSA) is 12.0 Å². The first-order valence-electron chi connectivity index (χ1n) is 8.32. The van der Waals surface area contributed by atoms with Gasteiger partial charge >= 0.3 is 0 Å². The average Bonchev–Trinajstić information content (AvgIpc) is 2.88. The first-order chi connectivity index (χ1) is 9.86. The molecule has 1 nitrogen and oxygen atoms in total. The summed E-state index contributed by atoms with van der Waals surface area (Å²) in [4.78, 5) is 1.54. The van der Waals surface area contributed by atoms with Crippen molar-refractivity contribution in [1.82, 2.24) is 5.32 Å². The Morgan fingerprint density at radius 3 is 2.75 bits per heavy atom. The molecule has 110 valence electrons. The number of thioether (sulfide) groups is 1. The molecule has 3 unspecified atom stereocenters. The van der Waals surface area contributed by atoms with Crippen LogP contribution >= 0.6 is 11.8 Å². The summed E-state index contributed by atoms with van der Waals surface area (Å²) in [7, 11) is 0. The highest BCUT2D eigenvalue weighted by molar-refractivity contribution is 8.00. The van der Waals surface area contributed by atoms with Crippen molar-refractivity contribution in [2.75, 3.05) is 13.1 Å². The van der Waals surface area contributed by atoms with E-state index in [0.717, 1.165) is 23.6 Å². The van der Waals surface area contributed by atoms with Crippen molar-refractivity contribution in [3.8, 4) is 0 Å². The van der Waals surface area contributed by atoms with Crippen LogP contribution in [0.5, 0.6) is 0 Å². The molecule has 3 rings (SSSR count). The van der Waals surface area contributed by atoms with Crippen molar-refractivity contribution in [3.05, 3.63) is 29.8 Å². The molecule has 3 atom stereocenters. The van der Waals surface area contributed by atoms with Crippen LogP contribution in [0.2, 0.25) is 0 Å². The fraction of sp³-hybridized carbons (Fsp3) is 0.667. The van der Waals surface area contributed by atoms with E-state index in [2.05, 4.69) is 48.3 Å². The second-order valence-corrected chi connectivity index (χ2v) is 7.74. The Morgan fingerprint density at radius 2 is 1.95 bits per heavy atom. The number of nitrogens with one attached hydrogen (secondary N) is 1. The van der Waals surface area contributed by atoms with Gasteiger partial charge in [0.15, 0.2) is 0 Å². The van der Waals surface area contributed by atoms with Gasteiger partial charge in [0, 0.05) is 10.1 Å². The molecular weight excluding hydrogens is 262 g/mol. The summed E-state index contributed by atoms with van der Waals surface area (Å²) >= 11 is 2.14. The molecule has 20 heavy (non-hydrogen) atoms. The second kappa shape index (κ2) is 7.00. The van der Waals surface area contributed by atoms with Crippen molar-refractivity contribution >= 4 is 11.8 Å². The van der Waals surface area contributed by atoms with Crippen LogP contribution in [0.4, 0.5) is 0 Å². The van der Waals surface area contributed by atoms with Crippen LogP contribution in [-0.2, 0) is 6.42 Å². The zero-order valence-corrected chi connectivity index (χ0v) is 13.4. The van der Waals surface area contributed by atoms with E-state index in [9.17, 15) is 0 Å². The second-order valence-electron chi connectivity index (χ2n) is 6.40. The van der Waals surface area contributed by atoms with Gasteiger partial charge in [0.25, 0.3) is 0 Å². The zero-order chi connectivity index (χ0) is 13.8. The lowest BCUT2D eigenvalue weighted by atomic mass is 9.76. The van der Waals surface area contributed by atoms with E-state index in [0.29, 0.717) is 0 Å². The Kier molecular flexibility index (Phi) is 5.06. The predicted octanol–water partition coefficient (Wildman–Crippen LogP) is 4.51. The van der Waals surface area contributed by atoms with E-state index in [4.69, 9.17) is 0 Å². The summed E-state index contributed by atoms with van der Waals surface area (Å²) in [5.74, 6) is 1.88. The van der Waals surface area contributed by atoms with E-state index in [1.165, 1.54) is 50.0 Å². The third kappa shape index (κ3) is 3.40. The zero-order valence-electron chi connectivity index (χ0n) is 12.6. The molecule has 1 aromatic rings. The summed E-state index contributed by atoms with van der Waals surface area (Å²) in [6.07, 6.45) is 8.54. The van der Waals surface area contributed by atoms with Crippen molar-refractivity contribution in [2.45, 2.75) is 55.6 Å². The van der Waals surface area contributed by atoms with E-state index >= 15 is 0 Å². The summed E-state index contributed by atoms with van der Waals surface area (Å²) in [5, 5.41) is 4.42. The summed E-state index contributed by atoms with van der Waals surface area (Å²) in [6.45, 7) is 4.58. The van der Waals surface area contributed by atoms with Gasteiger partial charge in [0.2, 0.25) is 0 Å². The van der Waals surface area contributed by atoms with E-state index in [1.54, 1.807) is 5.56 Å². The number of fused-ring (bicyclic) bond motifs is 1. The van der Waals surface area contributed by atoms with E-state index in [1.807, 2.05) is 0 Å². The smallest absolute Gasteiger partial charge is 0.0138 e. The van der Waals surface area contributed by atoms with E-state index in [-0.39, 0.29) is 0 Å². The fourth-order valence-electron chi connectivity index (χ4n) is 3.92. The lowest BCUT2D eigenvalue weighted by molar-refractivity contribution is 0.217. The van der Waals surface area contributed by atoms with Gasteiger partial charge in [-0.1, -0.05) is 44.4 Å². The number of hydrogen-bond acceptors (Lipinski definition) is 2. The summed E-state index contributed by atoms with van der Waals surface area (Å²) in [6, 6.07) is 9.00. The molecule has 1 heterocycles. The molecule has 0 spiro atoms. The number of rotatable bonds is 5. The van der Waals surface area contributed by atoms with Crippen LogP contribution in [0.3, 0.4) is 0 Å². The average molecular weight is 289 g/mol. The van der Waals surface area contributed by atoms with Gasteiger partial charge in [-0.15, -0.1) is 11.8 Å². The Hall–Kier alpha value is -0.470. The van der Waals surface area contributed by atoms with Gasteiger partial charge in [-0.25, -0.2) is 0 Å². The third-order valence-corrected chi connectivity index (χ3v) is 6.35. The molecule has 1 aromatic carbocycles. The normalized spacial score (nSPS) is 29.4. The molecular formula is C18H27NS. The highest BCUT2D eigenvalue weighted by Gasteiger charge is 2.30. The maximum atomic E-state index is 3.58. The van der Waals surface area contributed by atoms with Crippen molar-refractivity contribution in [1.29, 1.82) is 0 Å². The SMILES string of the molecule is CCNCC1CCCCC1CC1Cc2ccccc2S1. The molecule has 2 heteroatoms. The molecule has 1 fully saturated rings. The molecule has 0 amide bonds. The van der Waals surface area contributed by atoms with Gasteiger partial charge in [-0.3, -0.25) is 0 Å². The molecule has 1 aliphatic carbocycles. The quantitative estimate of drug-likeness (QED) is 0.856. The van der Waals surface area contributed by atoms with Crippen molar-refractivity contribution in [3.63, 3.8) is 0 Å². The number of benzene rings is 1. The molecule has 0 bridgehead atoms. The van der Waals surface area contributed by atoms with Crippen molar-refractivity contribution < 1.29 is 0 Å². The molecule has 0 radical (unpaired) electrons. The maximum absolute atomic E-state index is 3.58. The standard InChI is InChI=1S/C18H27NS/c1-2-19-13-16-9-4-3-7-14(16)11-17-12-15-8-5-6-10-18(15)20-17/h5-6,8,10,14,16-17,19H,2-4,7,9,11-13H2,1H3. The van der Waals surface area contributed by atoms with Crippen LogP contribution in [0.25, 0.3) is 0 Å². The molecule has 1 saturated carbocycles. The molecule has 1 N–H and O–H groups in total. The summed E-state index contributed by atoms with van der Waals surface area (Å²) in [5.41, 5.74) is 1.58. The minimum Gasteiger partial charge on any atom is -0.317 e. The van der Waals surface area contributed by atoms with Crippen molar-refractivity contribution in [2.24, 2.45) is 11.8 Å². The van der Waals surface area contributed by atoms with E-state index < -0.39 is 0 Å². The lowest BCUT2D eigenvalue weighted by Gasteiger charge is -2.33. The molecule has 2 aliphatic rings. The van der Waals surface area contributed by atoms with Crippen LogP contribution in [0.1, 0.15) is 44.6 Å². The first-order valence-corrected chi connectivity index (χ1v) is 9.20. The first kappa shape index (κ1) is 14.5. The van der Waals surface area contributed by atoms with Crippen LogP contribution in [0, 0.1) is 11.8 Å². The van der Waals surface area contributed by atoms with Crippen LogP contribution < -0.4 is 5.32 Å². The van der Waals surface area contributed by atoms with Crippen LogP contribution in [0.15, 0.2) is 29.2 Å². The van der Waals surface area contributed by atoms with Gasteiger partial charge in [0.05, 0.1) is 0 Å². The fourth-order valence-corrected chi connectivity index (χ4v) is 5.34. The highest BCUT2D eigenvalue weighted by Crippen LogP contribution is 2.43. The minimum atomic E-state index is 0.833. The summed E-state index contributed by atoms with van der Waals surface area (Å²) < 4.78 is 0. The van der Waals surface area contributed by atoms with Gasteiger partial charge < -0.3 is 5.32 Å². The Balaban J connectivity index is 1.57. The maximum Gasteiger partial charge on any atom is 0.0138 e. The third-order valence-electron chi connectivity index (χ3n) is 5.00. The lowest BCUT2D eigenvalue weighted by Crippen LogP contribution is -2.32. The molecule has 1 aliphatic heterocycles. The molecule has 0 saturated heterocycles. The predicted molar refractivity (Wildman–Crippen MR) is 88.4 cm³/mol. The molecule has 0 aromatic heterocycles. The van der Waals surface area contributed by atoms with Gasteiger partial charge in [0.1, 0.15) is 0 Å². The van der Waals surface area contributed by atoms with Gasteiger partial charge in [-0.2, -0.15) is 0 Å². The number of hydrogen-bond donors (Lipinski definition) is 1. The Bertz CT molecular complexity index is 406. The van der Waals surface area contributed by atoms with Crippen LogP contribution in [-0.4, -0.2) is 18.3 Å². The largest absolute Gasteiger partial charge is 0.317 e. The minimum absolute atomic E-state index is 0.833. The highest BCUT2D eigenvalue weighted by atomic mass is 32.2.